The summed E-state index contributed by atoms with van der Waals surface area (Å²) in [5.74, 6) is 0.616. The minimum atomic E-state index is -0.438. The summed E-state index contributed by atoms with van der Waals surface area (Å²) in [6.07, 6.45) is 6.75. The van der Waals surface area contributed by atoms with E-state index < -0.39 is 5.63 Å². The van der Waals surface area contributed by atoms with E-state index >= 15 is 0 Å². The van der Waals surface area contributed by atoms with Crippen LogP contribution in [-0.2, 0) is 16.0 Å². The number of piperidine rings is 2. The van der Waals surface area contributed by atoms with Crippen LogP contribution < -0.4 is 5.63 Å². The summed E-state index contributed by atoms with van der Waals surface area (Å²) in [5, 5.41) is 10.5. The minimum absolute atomic E-state index is 0.0565. The summed E-state index contributed by atoms with van der Waals surface area (Å²) >= 11 is 0. The number of nitrogens with zero attached hydrogens (tertiary/aromatic N) is 2. The van der Waals surface area contributed by atoms with Crippen molar-refractivity contribution in [3.63, 3.8) is 0 Å². The number of fused-ring (bicyclic) bond motifs is 2. The zero-order valence-corrected chi connectivity index (χ0v) is 19.8. The van der Waals surface area contributed by atoms with Gasteiger partial charge in [-0.05, 0) is 75.7 Å². The Kier molecular flexibility index (Phi) is 7.71. The SMILES string of the molecule is COCCN(C[C@@H]1CCCN2CCCC[C@H]12)C(=O)CCc1c(C)c2ccc(O)cc2oc1=O. The molecule has 7 heteroatoms. The molecule has 1 amide bonds. The van der Waals surface area contributed by atoms with Crippen LogP contribution in [0.25, 0.3) is 11.0 Å². The van der Waals surface area contributed by atoms with Crippen LogP contribution in [0.2, 0.25) is 0 Å². The maximum atomic E-state index is 13.3. The van der Waals surface area contributed by atoms with E-state index in [0.717, 1.165) is 23.9 Å². The lowest BCUT2D eigenvalue weighted by atomic mass is 9.83. The first-order chi connectivity index (χ1) is 16.0. The van der Waals surface area contributed by atoms with E-state index in [2.05, 4.69) is 4.90 Å². The van der Waals surface area contributed by atoms with Crippen molar-refractivity contribution in [2.45, 2.75) is 57.9 Å². The summed E-state index contributed by atoms with van der Waals surface area (Å²) in [6, 6.07) is 5.36. The highest BCUT2D eigenvalue weighted by atomic mass is 16.5. The monoisotopic (exact) mass is 456 g/mol. The first-order valence-corrected chi connectivity index (χ1v) is 12.2. The molecule has 2 aliphatic heterocycles. The van der Waals surface area contributed by atoms with Crippen molar-refractivity contribution in [1.29, 1.82) is 0 Å². The molecule has 33 heavy (non-hydrogen) atoms. The predicted molar refractivity (Wildman–Crippen MR) is 128 cm³/mol. The minimum Gasteiger partial charge on any atom is -0.508 e. The number of phenolic OH excluding ortho intramolecular Hbond substituents is 1. The number of methoxy groups -OCH3 is 1. The van der Waals surface area contributed by atoms with Gasteiger partial charge >= 0.3 is 5.63 Å². The average molecular weight is 457 g/mol. The molecule has 0 unspecified atom stereocenters. The smallest absolute Gasteiger partial charge is 0.339 e. The van der Waals surface area contributed by atoms with Crippen LogP contribution in [0.4, 0.5) is 0 Å². The topological polar surface area (TPSA) is 83.2 Å². The van der Waals surface area contributed by atoms with Crippen LogP contribution in [0.3, 0.4) is 0 Å². The van der Waals surface area contributed by atoms with Gasteiger partial charge in [0.2, 0.25) is 5.91 Å². The van der Waals surface area contributed by atoms with Crippen molar-refractivity contribution >= 4 is 16.9 Å². The Morgan fingerprint density at radius 3 is 2.88 bits per heavy atom. The van der Waals surface area contributed by atoms with E-state index in [9.17, 15) is 14.7 Å². The largest absolute Gasteiger partial charge is 0.508 e. The fraction of sp³-hybridized carbons (Fsp3) is 0.615. The molecule has 1 N–H and O–H groups in total. The highest BCUT2D eigenvalue weighted by Crippen LogP contribution is 2.31. The van der Waals surface area contributed by atoms with E-state index in [-0.39, 0.29) is 18.1 Å². The molecule has 180 valence electrons. The van der Waals surface area contributed by atoms with Gasteiger partial charge < -0.3 is 24.1 Å². The molecule has 4 rings (SSSR count). The zero-order valence-electron chi connectivity index (χ0n) is 19.8. The molecule has 2 aliphatic rings. The maximum Gasteiger partial charge on any atom is 0.339 e. The third kappa shape index (κ3) is 5.41. The second kappa shape index (κ2) is 10.7. The Morgan fingerprint density at radius 1 is 1.24 bits per heavy atom. The lowest BCUT2D eigenvalue weighted by molar-refractivity contribution is -0.133. The Labute approximate surface area is 195 Å². The Balaban J connectivity index is 1.46. The van der Waals surface area contributed by atoms with Crippen LogP contribution in [0, 0.1) is 12.8 Å². The van der Waals surface area contributed by atoms with Gasteiger partial charge in [-0.15, -0.1) is 0 Å². The molecule has 0 saturated carbocycles. The normalized spacial score (nSPS) is 21.2. The summed E-state index contributed by atoms with van der Waals surface area (Å²) in [7, 11) is 1.66. The van der Waals surface area contributed by atoms with Gasteiger partial charge in [0, 0.05) is 49.7 Å². The van der Waals surface area contributed by atoms with Gasteiger partial charge in [-0.25, -0.2) is 4.79 Å². The number of aryl methyl sites for hydroxylation is 1. The average Bonchev–Trinajstić information content (AvgIpc) is 2.81. The van der Waals surface area contributed by atoms with E-state index in [1.54, 1.807) is 19.2 Å². The van der Waals surface area contributed by atoms with Crippen molar-refractivity contribution in [1.82, 2.24) is 9.80 Å². The molecule has 0 spiro atoms. The summed E-state index contributed by atoms with van der Waals surface area (Å²) in [6.45, 7) is 6.08. The van der Waals surface area contributed by atoms with Crippen molar-refractivity contribution in [2.24, 2.45) is 5.92 Å². The third-order valence-corrected chi connectivity index (χ3v) is 7.46. The van der Waals surface area contributed by atoms with Crippen molar-refractivity contribution in [3.8, 4) is 5.75 Å². The van der Waals surface area contributed by atoms with Crippen molar-refractivity contribution in [2.75, 3.05) is 39.9 Å². The highest BCUT2D eigenvalue weighted by Gasteiger charge is 2.34. The van der Waals surface area contributed by atoms with Gasteiger partial charge in [-0.3, -0.25) is 4.79 Å². The second-order valence-corrected chi connectivity index (χ2v) is 9.51. The van der Waals surface area contributed by atoms with Gasteiger partial charge in [0.1, 0.15) is 11.3 Å². The molecule has 0 radical (unpaired) electrons. The first kappa shape index (κ1) is 23.8. The summed E-state index contributed by atoms with van der Waals surface area (Å²) < 4.78 is 10.7. The van der Waals surface area contributed by atoms with E-state index in [4.69, 9.17) is 9.15 Å². The van der Waals surface area contributed by atoms with Crippen LogP contribution in [0.1, 0.15) is 49.7 Å². The molecule has 2 saturated heterocycles. The van der Waals surface area contributed by atoms with Crippen LogP contribution in [0.5, 0.6) is 5.75 Å². The number of phenols is 1. The third-order valence-electron chi connectivity index (χ3n) is 7.46. The van der Waals surface area contributed by atoms with Gasteiger partial charge in [-0.2, -0.15) is 0 Å². The Morgan fingerprint density at radius 2 is 2.06 bits per heavy atom. The van der Waals surface area contributed by atoms with Gasteiger partial charge in [0.15, 0.2) is 0 Å². The summed E-state index contributed by atoms with van der Waals surface area (Å²) in [4.78, 5) is 30.4. The standard InChI is InChI=1S/C26H36N2O5/c1-18-21-9-8-20(29)16-24(21)33-26(31)22(18)10-11-25(30)28(14-15-32-2)17-19-6-5-13-27-12-4-3-7-23(19)27/h8-9,16,19,23,29H,3-7,10-15,17H2,1-2H3/t19-,23+/m0/s1. The van der Waals surface area contributed by atoms with Gasteiger partial charge in [0.05, 0.1) is 6.61 Å². The quantitative estimate of drug-likeness (QED) is 0.613. The molecule has 2 aromatic rings. The lowest BCUT2D eigenvalue weighted by Gasteiger charge is -2.45. The van der Waals surface area contributed by atoms with Gasteiger partial charge in [-0.1, -0.05) is 6.42 Å². The van der Waals surface area contributed by atoms with Crippen LogP contribution in [0.15, 0.2) is 27.4 Å². The fourth-order valence-electron chi connectivity index (χ4n) is 5.65. The zero-order chi connectivity index (χ0) is 23.4. The van der Waals surface area contributed by atoms with Crippen LogP contribution >= 0.6 is 0 Å². The molecule has 2 atom stereocenters. The number of amides is 1. The molecular formula is C26H36N2O5. The number of carbonyl (C=O) groups is 1. The van der Waals surface area contributed by atoms with E-state index in [1.807, 2.05) is 11.8 Å². The highest BCUT2D eigenvalue weighted by molar-refractivity contribution is 5.82. The number of hydrogen-bond donors (Lipinski definition) is 1. The fourth-order valence-corrected chi connectivity index (χ4v) is 5.65. The Hall–Kier alpha value is -2.38. The molecule has 1 aromatic heterocycles. The number of ether oxygens (including phenoxy) is 1. The molecule has 0 aliphatic carbocycles. The lowest BCUT2D eigenvalue weighted by Crippen LogP contribution is -2.52. The Bertz CT molecular complexity index is 1030. The second-order valence-electron chi connectivity index (χ2n) is 9.51. The molecular weight excluding hydrogens is 420 g/mol. The molecule has 7 nitrogen and oxygen atoms in total. The number of benzene rings is 1. The molecule has 1 aromatic carbocycles. The maximum absolute atomic E-state index is 13.3. The van der Waals surface area contributed by atoms with E-state index in [1.165, 1.54) is 44.8 Å². The summed E-state index contributed by atoms with van der Waals surface area (Å²) in [5.41, 5.74) is 1.27. The van der Waals surface area contributed by atoms with Crippen molar-refractivity contribution in [3.05, 3.63) is 39.7 Å². The number of aromatic hydroxyl groups is 1. The van der Waals surface area contributed by atoms with Gasteiger partial charge in [0.25, 0.3) is 0 Å². The first-order valence-electron chi connectivity index (χ1n) is 12.2. The molecule has 0 bridgehead atoms. The van der Waals surface area contributed by atoms with Crippen LogP contribution in [-0.4, -0.2) is 66.8 Å². The predicted octanol–water partition coefficient (Wildman–Crippen LogP) is 3.48. The molecule has 2 fully saturated rings. The van der Waals surface area contributed by atoms with Crippen molar-refractivity contribution < 1.29 is 19.1 Å². The molecule has 3 heterocycles. The van der Waals surface area contributed by atoms with E-state index in [0.29, 0.717) is 42.7 Å². The number of rotatable bonds is 8. The number of hydrogen-bond acceptors (Lipinski definition) is 6. The number of carbonyl (C=O) groups excluding carboxylic acids is 1.